The highest BCUT2D eigenvalue weighted by Gasteiger charge is 2.53. The molecule has 0 fully saturated rings. The van der Waals surface area contributed by atoms with Gasteiger partial charge in [-0.3, -0.25) is 4.79 Å². The van der Waals surface area contributed by atoms with Crippen molar-refractivity contribution < 1.29 is 32.5 Å². The molecule has 0 aromatic heterocycles. The smallest absolute Gasteiger partial charge is 0.252 e. The molecule has 4 aromatic rings. The van der Waals surface area contributed by atoms with Crippen LogP contribution >= 0.6 is 0 Å². The summed E-state index contributed by atoms with van der Waals surface area (Å²) in [5.41, 5.74) is 1.82. The lowest BCUT2D eigenvalue weighted by Crippen LogP contribution is -2.49. The molecule has 1 heterocycles. The maximum Gasteiger partial charge on any atom is 0.252 e. The van der Waals surface area contributed by atoms with Gasteiger partial charge in [0.25, 0.3) is 5.91 Å². The van der Waals surface area contributed by atoms with Gasteiger partial charge < -0.3 is 24.6 Å². The predicted octanol–water partition coefficient (Wildman–Crippen LogP) is 5.24. The van der Waals surface area contributed by atoms with E-state index in [0.717, 1.165) is 11.1 Å². The van der Waals surface area contributed by atoms with E-state index in [0.29, 0.717) is 48.6 Å². The van der Waals surface area contributed by atoms with Crippen LogP contribution in [-0.4, -0.2) is 63.5 Å². The zero-order valence-electron chi connectivity index (χ0n) is 26.6. The molecule has 2 N–H and O–H groups in total. The zero-order valence-corrected chi connectivity index (χ0v) is 27.4. The van der Waals surface area contributed by atoms with Crippen molar-refractivity contribution in [3.8, 4) is 11.5 Å². The fourth-order valence-electron chi connectivity index (χ4n) is 5.44. The number of ether oxygens (including phenoxy) is 3. The fraction of sp³-hybridized carbons (Fsp3) is 0.297. The van der Waals surface area contributed by atoms with Crippen molar-refractivity contribution in [2.45, 2.75) is 42.7 Å². The van der Waals surface area contributed by atoms with Crippen LogP contribution in [0.2, 0.25) is 0 Å². The van der Waals surface area contributed by atoms with Crippen LogP contribution in [0.1, 0.15) is 41.2 Å². The summed E-state index contributed by atoms with van der Waals surface area (Å²) in [6.45, 7) is 2.74. The Balaban J connectivity index is 1.52. The molecule has 0 saturated heterocycles. The normalized spacial score (nSPS) is 17.4. The average Bonchev–Trinajstić information content (AvgIpc) is 3.50. The van der Waals surface area contributed by atoms with Gasteiger partial charge in [-0.25, -0.2) is 13.4 Å². The number of hydrogen-bond donors (Lipinski definition) is 2. The number of aryl methyl sites for hydroxylation is 1. The molecule has 47 heavy (non-hydrogen) atoms. The van der Waals surface area contributed by atoms with E-state index in [4.69, 9.17) is 24.3 Å². The van der Waals surface area contributed by atoms with Crippen LogP contribution in [0.3, 0.4) is 0 Å². The number of amides is 1. The molecule has 4 aromatic carbocycles. The molecule has 1 amide bonds. The molecule has 1 aliphatic heterocycles. The van der Waals surface area contributed by atoms with Gasteiger partial charge in [-0.05, 0) is 73.0 Å². The number of sulfone groups is 1. The Morgan fingerprint density at radius 1 is 0.957 bits per heavy atom. The van der Waals surface area contributed by atoms with E-state index in [2.05, 4.69) is 5.32 Å². The van der Waals surface area contributed by atoms with Crippen molar-refractivity contribution in [2.75, 3.05) is 32.6 Å². The summed E-state index contributed by atoms with van der Waals surface area (Å²) in [7, 11) is -2.21. The van der Waals surface area contributed by atoms with Crippen molar-refractivity contribution in [3.63, 3.8) is 0 Å². The van der Waals surface area contributed by atoms with Gasteiger partial charge in [0.05, 0.1) is 24.4 Å². The summed E-state index contributed by atoms with van der Waals surface area (Å²) < 4.78 is 44.8. The van der Waals surface area contributed by atoms with Crippen molar-refractivity contribution >= 4 is 21.6 Å². The number of methoxy groups -OCH3 is 1. The monoisotopic (exact) mass is 656 g/mol. The van der Waals surface area contributed by atoms with Gasteiger partial charge in [-0.2, -0.15) is 0 Å². The number of aliphatic hydroxyl groups excluding tert-OH is 1. The summed E-state index contributed by atoms with van der Waals surface area (Å²) in [6.07, 6.45) is 0.0174. The SMILES string of the molecule is COc1cccc([C@H]2OC(c3ccc(OCCCO)cc3)=N[C@@]2(CCS(=O)(=O)c2ccccc2)C(=O)NCCc2ccc(C)cc2)c1. The van der Waals surface area contributed by atoms with Gasteiger partial charge in [0, 0.05) is 31.6 Å². The van der Waals surface area contributed by atoms with E-state index < -0.39 is 27.4 Å². The summed E-state index contributed by atoms with van der Waals surface area (Å²) in [5, 5.41) is 12.1. The van der Waals surface area contributed by atoms with Gasteiger partial charge in [-0.15, -0.1) is 0 Å². The number of hydrogen-bond acceptors (Lipinski definition) is 8. The van der Waals surface area contributed by atoms with E-state index in [1.165, 1.54) is 0 Å². The first-order valence-corrected chi connectivity index (χ1v) is 17.3. The summed E-state index contributed by atoms with van der Waals surface area (Å²) in [6, 6.07) is 30.6. The van der Waals surface area contributed by atoms with Crippen LogP contribution < -0.4 is 14.8 Å². The Hall–Kier alpha value is -4.67. The Kier molecular flexibility index (Phi) is 11.0. The van der Waals surface area contributed by atoms with Gasteiger partial charge in [0.1, 0.15) is 11.5 Å². The maximum atomic E-state index is 14.4. The minimum Gasteiger partial charge on any atom is -0.497 e. The van der Waals surface area contributed by atoms with Crippen LogP contribution in [0.5, 0.6) is 11.5 Å². The lowest BCUT2D eigenvalue weighted by Gasteiger charge is -2.30. The summed E-state index contributed by atoms with van der Waals surface area (Å²) in [4.78, 5) is 19.5. The van der Waals surface area contributed by atoms with Gasteiger partial charge in [0.15, 0.2) is 21.5 Å². The minimum absolute atomic E-state index is 0.0313. The number of carbonyl (C=O) groups excluding carboxylic acids is 1. The number of rotatable bonds is 15. The van der Waals surface area contributed by atoms with Gasteiger partial charge in [0.2, 0.25) is 5.90 Å². The molecule has 0 radical (unpaired) electrons. The second-order valence-electron chi connectivity index (χ2n) is 11.4. The number of aliphatic hydroxyl groups is 1. The second kappa shape index (κ2) is 15.3. The van der Waals surface area contributed by atoms with Crippen molar-refractivity contribution in [1.29, 1.82) is 0 Å². The molecular formula is C37H40N2O7S. The quantitative estimate of drug-likeness (QED) is 0.168. The van der Waals surface area contributed by atoms with E-state index in [1.54, 1.807) is 79.9 Å². The lowest BCUT2D eigenvalue weighted by atomic mass is 9.85. The van der Waals surface area contributed by atoms with E-state index in [1.807, 2.05) is 37.3 Å². The first-order chi connectivity index (χ1) is 22.7. The Bertz CT molecular complexity index is 1780. The molecule has 0 unspecified atom stereocenters. The van der Waals surface area contributed by atoms with E-state index in [9.17, 15) is 13.2 Å². The molecule has 0 spiro atoms. The number of nitrogens with one attached hydrogen (secondary N) is 1. The van der Waals surface area contributed by atoms with Crippen molar-refractivity contribution in [2.24, 2.45) is 4.99 Å². The van der Waals surface area contributed by atoms with Crippen LogP contribution in [-0.2, 0) is 25.8 Å². The molecule has 1 aliphatic rings. The highest BCUT2D eigenvalue weighted by atomic mass is 32.2. The van der Waals surface area contributed by atoms with Gasteiger partial charge in [-0.1, -0.05) is 60.2 Å². The number of benzene rings is 4. The maximum absolute atomic E-state index is 14.4. The number of aliphatic imine (C=N–C) groups is 1. The Morgan fingerprint density at radius 3 is 2.40 bits per heavy atom. The molecular weight excluding hydrogens is 616 g/mol. The third kappa shape index (κ3) is 8.19. The van der Waals surface area contributed by atoms with Crippen molar-refractivity contribution in [1.82, 2.24) is 5.32 Å². The topological polar surface area (TPSA) is 124 Å². The highest BCUT2D eigenvalue weighted by molar-refractivity contribution is 7.91. The van der Waals surface area contributed by atoms with E-state index >= 15 is 0 Å². The first-order valence-electron chi connectivity index (χ1n) is 15.6. The Morgan fingerprint density at radius 2 is 1.70 bits per heavy atom. The highest BCUT2D eigenvalue weighted by Crippen LogP contribution is 2.44. The number of nitrogens with zero attached hydrogens (tertiary/aromatic N) is 1. The zero-order chi connectivity index (χ0) is 33.3. The van der Waals surface area contributed by atoms with Crippen molar-refractivity contribution in [3.05, 3.63) is 125 Å². The second-order valence-corrected chi connectivity index (χ2v) is 13.5. The minimum atomic E-state index is -3.77. The van der Waals surface area contributed by atoms with Crippen LogP contribution in [0.4, 0.5) is 0 Å². The Labute approximate surface area is 276 Å². The van der Waals surface area contributed by atoms with Crippen LogP contribution in [0, 0.1) is 6.92 Å². The van der Waals surface area contributed by atoms with Crippen LogP contribution in [0.15, 0.2) is 113 Å². The fourth-order valence-corrected chi connectivity index (χ4v) is 6.83. The average molecular weight is 657 g/mol. The van der Waals surface area contributed by atoms with E-state index in [-0.39, 0.29) is 29.6 Å². The van der Waals surface area contributed by atoms with Crippen LogP contribution in [0.25, 0.3) is 0 Å². The third-order valence-electron chi connectivity index (χ3n) is 8.10. The molecule has 10 heteroatoms. The standard InChI is InChI=1S/C37H40N2O7S/c1-27-12-14-28(15-13-27)20-22-38-36(41)37(21-25-47(42,43)33-10-4-3-5-11-33)34(30-8-6-9-32(26-30)44-2)46-35(39-37)29-16-18-31(19-17-29)45-24-7-23-40/h3-6,8-19,26,34,40H,7,20-25H2,1-2H3,(H,38,41)/t34-,37-/m1/s1. The molecule has 0 aliphatic carbocycles. The first kappa shape index (κ1) is 33.7. The summed E-state index contributed by atoms with van der Waals surface area (Å²) >= 11 is 0. The molecule has 5 rings (SSSR count). The largest absolute Gasteiger partial charge is 0.497 e. The molecule has 2 atom stereocenters. The number of carbonyl (C=O) groups is 1. The summed E-state index contributed by atoms with van der Waals surface area (Å²) in [5.74, 6) is 0.625. The molecule has 246 valence electrons. The molecule has 9 nitrogen and oxygen atoms in total. The lowest BCUT2D eigenvalue weighted by molar-refractivity contribution is -0.129. The van der Waals surface area contributed by atoms with Gasteiger partial charge >= 0.3 is 0 Å². The molecule has 0 bridgehead atoms. The predicted molar refractivity (Wildman–Crippen MR) is 181 cm³/mol. The molecule has 0 saturated carbocycles. The third-order valence-corrected chi connectivity index (χ3v) is 9.83.